The third-order valence-electron chi connectivity index (χ3n) is 2.92. The van der Waals surface area contributed by atoms with Crippen molar-refractivity contribution in [3.63, 3.8) is 0 Å². The Hall–Kier alpha value is -0.740. The Bertz CT molecular complexity index is 323. The minimum atomic E-state index is 0.249. The van der Waals surface area contributed by atoms with Gasteiger partial charge in [0.05, 0.1) is 6.54 Å². The molecule has 0 bridgehead atoms. The maximum atomic E-state index is 11.3. The van der Waals surface area contributed by atoms with Gasteiger partial charge in [-0.05, 0) is 26.3 Å². The first-order valence-corrected chi connectivity index (χ1v) is 6.25. The number of carbonyl (C=O) groups is 1. The number of ketones is 1. The second kappa shape index (κ2) is 4.86. The van der Waals surface area contributed by atoms with Crippen molar-refractivity contribution in [2.45, 2.75) is 26.3 Å². The van der Waals surface area contributed by atoms with Crippen molar-refractivity contribution in [1.29, 1.82) is 0 Å². The molecular weight excluding hydrogens is 208 g/mol. The Morgan fingerprint density at radius 1 is 1.73 bits per heavy atom. The Kier molecular flexibility index (Phi) is 3.49. The fourth-order valence-electron chi connectivity index (χ4n) is 2.05. The number of likely N-dealkylation sites (tertiary alicyclic amines) is 1. The van der Waals surface area contributed by atoms with E-state index >= 15 is 0 Å². The molecule has 0 N–H and O–H groups in total. The first kappa shape index (κ1) is 10.8. The van der Waals surface area contributed by atoms with E-state index < -0.39 is 0 Å². The van der Waals surface area contributed by atoms with Crippen LogP contribution in [0.25, 0.3) is 0 Å². The second-order valence-electron chi connectivity index (χ2n) is 4.11. The molecule has 1 saturated heterocycles. The third kappa shape index (κ3) is 2.86. The Balaban J connectivity index is 1.90. The molecule has 82 valence electrons. The van der Waals surface area contributed by atoms with Gasteiger partial charge in [0.2, 0.25) is 0 Å². The lowest BCUT2D eigenvalue weighted by molar-refractivity contribution is -0.122. The highest BCUT2D eigenvalue weighted by Crippen LogP contribution is 2.19. The lowest BCUT2D eigenvalue weighted by Gasteiger charge is -2.30. The summed E-state index contributed by atoms with van der Waals surface area (Å²) >= 11 is 1.69. The predicted molar refractivity (Wildman–Crippen MR) is 60.8 cm³/mol. The summed E-state index contributed by atoms with van der Waals surface area (Å²) in [6.45, 7) is 4.62. The zero-order valence-corrected chi connectivity index (χ0v) is 9.80. The fraction of sp³-hybridized carbons (Fsp3) is 0.636. The molecular formula is C11H16N2OS. The van der Waals surface area contributed by atoms with Crippen molar-refractivity contribution < 1.29 is 4.79 Å². The molecule has 3 nitrogen and oxygen atoms in total. The van der Waals surface area contributed by atoms with Gasteiger partial charge in [-0.3, -0.25) is 9.69 Å². The monoisotopic (exact) mass is 224 g/mol. The molecule has 4 heteroatoms. The number of hydrogen-bond donors (Lipinski definition) is 0. The van der Waals surface area contributed by atoms with Gasteiger partial charge in [-0.15, -0.1) is 11.3 Å². The van der Waals surface area contributed by atoms with Crippen LogP contribution >= 0.6 is 11.3 Å². The number of rotatable bonds is 3. The lowest BCUT2D eigenvalue weighted by atomic mass is 9.95. The van der Waals surface area contributed by atoms with E-state index in [-0.39, 0.29) is 5.92 Å². The van der Waals surface area contributed by atoms with Crippen LogP contribution in [0, 0.1) is 5.92 Å². The van der Waals surface area contributed by atoms with Crippen molar-refractivity contribution in [2.24, 2.45) is 5.92 Å². The van der Waals surface area contributed by atoms with Gasteiger partial charge in [0.15, 0.2) is 0 Å². The molecule has 0 spiro atoms. The lowest BCUT2D eigenvalue weighted by Crippen LogP contribution is -2.37. The van der Waals surface area contributed by atoms with Crippen LogP contribution < -0.4 is 0 Å². The average Bonchev–Trinajstić information content (AvgIpc) is 2.71. The maximum absolute atomic E-state index is 11.3. The average molecular weight is 224 g/mol. The van der Waals surface area contributed by atoms with Crippen molar-refractivity contribution in [1.82, 2.24) is 9.88 Å². The molecule has 1 aliphatic rings. The number of nitrogens with zero attached hydrogens (tertiary/aromatic N) is 2. The van der Waals surface area contributed by atoms with Gasteiger partial charge in [-0.25, -0.2) is 4.98 Å². The standard InChI is InChI=1S/C11H16N2OS/c1-9(14)10-3-2-5-13(7-10)8-11-12-4-6-15-11/h4,6,10H,2-3,5,7-8H2,1H3. The summed E-state index contributed by atoms with van der Waals surface area (Å²) in [5, 5.41) is 3.15. The number of piperidine rings is 1. The smallest absolute Gasteiger partial charge is 0.134 e. The molecule has 15 heavy (non-hydrogen) atoms. The molecule has 0 aromatic carbocycles. The minimum Gasteiger partial charge on any atom is -0.300 e. The normalized spacial score (nSPS) is 22.9. The van der Waals surface area contributed by atoms with E-state index in [4.69, 9.17) is 0 Å². The molecule has 0 radical (unpaired) electrons. The molecule has 1 aliphatic heterocycles. The van der Waals surface area contributed by atoms with E-state index in [2.05, 4.69) is 9.88 Å². The van der Waals surface area contributed by atoms with Crippen LogP contribution in [-0.4, -0.2) is 28.8 Å². The van der Waals surface area contributed by atoms with E-state index in [0.29, 0.717) is 5.78 Å². The van der Waals surface area contributed by atoms with Crippen LogP contribution in [0.15, 0.2) is 11.6 Å². The minimum absolute atomic E-state index is 0.249. The first-order valence-electron chi connectivity index (χ1n) is 5.37. The van der Waals surface area contributed by atoms with E-state index in [0.717, 1.165) is 37.5 Å². The molecule has 1 aromatic heterocycles. The SMILES string of the molecule is CC(=O)C1CCCN(Cc2nccs2)C1. The van der Waals surface area contributed by atoms with Gasteiger partial charge in [-0.2, -0.15) is 0 Å². The molecule has 0 saturated carbocycles. The van der Waals surface area contributed by atoms with E-state index in [1.165, 1.54) is 0 Å². The Labute approximate surface area is 94.1 Å². The van der Waals surface area contributed by atoms with Crippen LogP contribution in [0.2, 0.25) is 0 Å². The quantitative estimate of drug-likeness (QED) is 0.786. The Morgan fingerprint density at radius 3 is 3.27 bits per heavy atom. The molecule has 1 fully saturated rings. The number of hydrogen-bond acceptors (Lipinski definition) is 4. The highest BCUT2D eigenvalue weighted by Gasteiger charge is 2.23. The van der Waals surface area contributed by atoms with Crippen molar-refractivity contribution in [3.05, 3.63) is 16.6 Å². The van der Waals surface area contributed by atoms with Gasteiger partial charge in [-0.1, -0.05) is 0 Å². The maximum Gasteiger partial charge on any atom is 0.134 e. The molecule has 2 rings (SSSR count). The summed E-state index contributed by atoms with van der Waals surface area (Å²) in [5.41, 5.74) is 0. The summed E-state index contributed by atoms with van der Waals surface area (Å²) in [6.07, 6.45) is 4.03. The highest BCUT2D eigenvalue weighted by atomic mass is 32.1. The van der Waals surface area contributed by atoms with E-state index in [1.807, 2.05) is 11.6 Å². The van der Waals surface area contributed by atoms with Gasteiger partial charge in [0, 0.05) is 24.0 Å². The summed E-state index contributed by atoms with van der Waals surface area (Å²) < 4.78 is 0. The summed E-state index contributed by atoms with van der Waals surface area (Å²) in [7, 11) is 0. The molecule has 2 heterocycles. The molecule has 0 aliphatic carbocycles. The Morgan fingerprint density at radius 2 is 2.60 bits per heavy atom. The summed E-state index contributed by atoms with van der Waals surface area (Å²) in [4.78, 5) is 17.9. The molecule has 0 amide bonds. The zero-order valence-electron chi connectivity index (χ0n) is 8.98. The van der Waals surface area contributed by atoms with Crippen molar-refractivity contribution in [2.75, 3.05) is 13.1 Å². The number of Topliss-reactive ketones (excluding diaryl/α,β-unsaturated/α-hetero) is 1. The molecule has 1 atom stereocenters. The summed E-state index contributed by atoms with van der Waals surface area (Å²) in [6, 6.07) is 0. The van der Waals surface area contributed by atoms with Crippen LogP contribution in [0.4, 0.5) is 0 Å². The fourth-order valence-corrected chi connectivity index (χ4v) is 2.71. The number of aromatic nitrogens is 1. The van der Waals surface area contributed by atoms with Crippen molar-refractivity contribution >= 4 is 17.1 Å². The molecule has 1 unspecified atom stereocenters. The van der Waals surface area contributed by atoms with Crippen LogP contribution in [0.1, 0.15) is 24.8 Å². The van der Waals surface area contributed by atoms with E-state index in [1.54, 1.807) is 18.3 Å². The van der Waals surface area contributed by atoms with Gasteiger partial charge >= 0.3 is 0 Å². The first-order chi connectivity index (χ1) is 7.25. The zero-order chi connectivity index (χ0) is 10.7. The van der Waals surface area contributed by atoms with Gasteiger partial charge < -0.3 is 0 Å². The van der Waals surface area contributed by atoms with Crippen molar-refractivity contribution in [3.8, 4) is 0 Å². The second-order valence-corrected chi connectivity index (χ2v) is 5.09. The number of carbonyl (C=O) groups excluding carboxylic acids is 1. The van der Waals surface area contributed by atoms with Crippen LogP contribution in [0.3, 0.4) is 0 Å². The topological polar surface area (TPSA) is 33.2 Å². The largest absolute Gasteiger partial charge is 0.300 e. The predicted octanol–water partition coefficient (Wildman–Crippen LogP) is 1.94. The molecule has 1 aromatic rings. The van der Waals surface area contributed by atoms with Crippen LogP contribution in [-0.2, 0) is 11.3 Å². The van der Waals surface area contributed by atoms with Crippen LogP contribution in [0.5, 0.6) is 0 Å². The number of thiazole rings is 1. The van der Waals surface area contributed by atoms with Gasteiger partial charge in [0.25, 0.3) is 0 Å². The third-order valence-corrected chi connectivity index (χ3v) is 3.69. The van der Waals surface area contributed by atoms with Gasteiger partial charge in [0.1, 0.15) is 10.8 Å². The summed E-state index contributed by atoms with van der Waals surface area (Å²) in [5.74, 6) is 0.581. The highest BCUT2D eigenvalue weighted by molar-refractivity contribution is 7.09. The van der Waals surface area contributed by atoms with E-state index in [9.17, 15) is 4.79 Å².